The van der Waals surface area contributed by atoms with Crippen molar-refractivity contribution >= 4 is 5.91 Å². The van der Waals surface area contributed by atoms with Gasteiger partial charge in [0.25, 0.3) is 5.91 Å². The minimum absolute atomic E-state index is 0.0186. The molecule has 1 aliphatic rings. The molecule has 5 nitrogen and oxygen atoms in total. The van der Waals surface area contributed by atoms with E-state index in [4.69, 9.17) is 14.2 Å². The SMILES string of the molecule is COc1ccccc1OCC(=O)N1CCOCC1C. The van der Waals surface area contributed by atoms with Crippen molar-refractivity contribution in [3.8, 4) is 11.5 Å². The molecule has 104 valence electrons. The number of carbonyl (C=O) groups excluding carboxylic acids is 1. The van der Waals surface area contributed by atoms with Gasteiger partial charge in [-0.15, -0.1) is 0 Å². The summed E-state index contributed by atoms with van der Waals surface area (Å²) in [6.45, 7) is 3.78. The summed E-state index contributed by atoms with van der Waals surface area (Å²) < 4.78 is 16.0. The van der Waals surface area contributed by atoms with Crippen LogP contribution in [0.5, 0.6) is 11.5 Å². The average Bonchev–Trinajstić information content (AvgIpc) is 2.45. The summed E-state index contributed by atoms with van der Waals surface area (Å²) in [6.07, 6.45) is 0. The number of morpholine rings is 1. The van der Waals surface area contributed by atoms with Crippen LogP contribution in [0.15, 0.2) is 24.3 Å². The molecule has 1 atom stereocenters. The molecule has 5 heteroatoms. The zero-order valence-electron chi connectivity index (χ0n) is 11.3. The van der Waals surface area contributed by atoms with Crippen molar-refractivity contribution in [1.82, 2.24) is 4.90 Å². The predicted molar refractivity (Wildman–Crippen MR) is 70.5 cm³/mol. The van der Waals surface area contributed by atoms with Crippen molar-refractivity contribution in [3.05, 3.63) is 24.3 Å². The second-order valence-electron chi connectivity index (χ2n) is 4.45. The molecule has 1 fully saturated rings. The molecule has 0 aliphatic carbocycles. The zero-order valence-corrected chi connectivity index (χ0v) is 11.3. The number of carbonyl (C=O) groups is 1. The molecule has 2 rings (SSSR count). The quantitative estimate of drug-likeness (QED) is 0.824. The summed E-state index contributed by atoms with van der Waals surface area (Å²) in [5.74, 6) is 1.19. The fourth-order valence-corrected chi connectivity index (χ4v) is 2.06. The highest BCUT2D eigenvalue weighted by Gasteiger charge is 2.24. The summed E-state index contributed by atoms with van der Waals surface area (Å²) >= 11 is 0. The molecule has 1 heterocycles. The summed E-state index contributed by atoms with van der Waals surface area (Å²) in [7, 11) is 1.58. The minimum Gasteiger partial charge on any atom is -0.493 e. The molecule has 1 aliphatic heterocycles. The number of para-hydroxylation sites is 2. The van der Waals surface area contributed by atoms with Gasteiger partial charge in [0, 0.05) is 6.54 Å². The van der Waals surface area contributed by atoms with Crippen molar-refractivity contribution in [2.45, 2.75) is 13.0 Å². The van der Waals surface area contributed by atoms with Crippen LogP contribution in [0.3, 0.4) is 0 Å². The largest absolute Gasteiger partial charge is 0.493 e. The van der Waals surface area contributed by atoms with E-state index in [-0.39, 0.29) is 18.6 Å². The monoisotopic (exact) mass is 265 g/mol. The third-order valence-electron chi connectivity index (χ3n) is 3.11. The zero-order chi connectivity index (χ0) is 13.7. The number of ether oxygens (including phenoxy) is 3. The van der Waals surface area contributed by atoms with Crippen molar-refractivity contribution in [2.24, 2.45) is 0 Å². The third kappa shape index (κ3) is 3.38. The van der Waals surface area contributed by atoms with Gasteiger partial charge in [0.1, 0.15) is 0 Å². The van der Waals surface area contributed by atoms with E-state index in [1.54, 1.807) is 24.1 Å². The first-order valence-corrected chi connectivity index (χ1v) is 6.35. The molecule has 0 radical (unpaired) electrons. The summed E-state index contributed by atoms with van der Waals surface area (Å²) in [6, 6.07) is 7.39. The van der Waals surface area contributed by atoms with E-state index in [0.717, 1.165) is 0 Å². The minimum atomic E-state index is -0.0262. The highest BCUT2D eigenvalue weighted by Crippen LogP contribution is 2.25. The Labute approximate surface area is 113 Å². The Kier molecular flexibility index (Phi) is 4.63. The first-order valence-electron chi connectivity index (χ1n) is 6.35. The Balaban J connectivity index is 1.92. The standard InChI is InChI=1S/C14H19NO4/c1-11-9-18-8-7-15(11)14(16)10-19-13-6-4-3-5-12(13)17-2/h3-6,11H,7-10H2,1-2H3. The van der Waals surface area contributed by atoms with E-state index < -0.39 is 0 Å². The molecule has 1 aromatic rings. The molecule has 1 saturated heterocycles. The summed E-state index contributed by atoms with van der Waals surface area (Å²) in [4.78, 5) is 13.9. The molecule has 1 unspecified atom stereocenters. The normalized spacial score (nSPS) is 19.1. The maximum atomic E-state index is 12.1. The van der Waals surface area contributed by atoms with Crippen molar-refractivity contribution in [1.29, 1.82) is 0 Å². The number of benzene rings is 1. The van der Waals surface area contributed by atoms with Gasteiger partial charge in [0.2, 0.25) is 0 Å². The van der Waals surface area contributed by atoms with Crippen LogP contribution in [0.2, 0.25) is 0 Å². The number of rotatable bonds is 4. The maximum absolute atomic E-state index is 12.1. The number of hydrogen-bond donors (Lipinski definition) is 0. The van der Waals surface area contributed by atoms with Gasteiger partial charge in [0.15, 0.2) is 18.1 Å². The van der Waals surface area contributed by atoms with Gasteiger partial charge >= 0.3 is 0 Å². The van der Waals surface area contributed by atoms with E-state index >= 15 is 0 Å². The van der Waals surface area contributed by atoms with Gasteiger partial charge in [-0.05, 0) is 19.1 Å². The van der Waals surface area contributed by atoms with Gasteiger partial charge in [-0.1, -0.05) is 12.1 Å². The molecule has 1 amide bonds. The lowest BCUT2D eigenvalue weighted by molar-refractivity contribution is -0.141. The van der Waals surface area contributed by atoms with Crippen LogP contribution in [-0.2, 0) is 9.53 Å². The van der Waals surface area contributed by atoms with Gasteiger partial charge in [-0.3, -0.25) is 4.79 Å². The molecular formula is C14H19NO4. The summed E-state index contributed by atoms with van der Waals surface area (Å²) in [5.41, 5.74) is 0. The van der Waals surface area contributed by atoms with Crippen LogP contribution >= 0.6 is 0 Å². The molecule has 0 spiro atoms. The first kappa shape index (κ1) is 13.7. The lowest BCUT2D eigenvalue weighted by Gasteiger charge is -2.33. The second-order valence-corrected chi connectivity index (χ2v) is 4.45. The Hall–Kier alpha value is -1.75. The van der Waals surface area contributed by atoms with Crippen LogP contribution < -0.4 is 9.47 Å². The van der Waals surface area contributed by atoms with E-state index in [1.165, 1.54) is 0 Å². The fraction of sp³-hybridized carbons (Fsp3) is 0.500. The van der Waals surface area contributed by atoms with E-state index in [2.05, 4.69) is 0 Å². The number of hydrogen-bond acceptors (Lipinski definition) is 4. The van der Waals surface area contributed by atoms with Crippen LogP contribution in [-0.4, -0.2) is 50.3 Å². The third-order valence-corrected chi connectivity index (χ3v) is 3.11. The highest BCUT2D eigenvalue weighted by atomic mass is 16.5. The number of amides is 1. The molecule has 1 aromatic carbocycles. The molecular weight excluding hydrogens is 246 g/mol. The van der Waals surface area contributed by atoms with Gasteiger partial charge < -0.3 is 19.1 Å². The average molecular weight is 265 g/mol. The van der Waals surface area contributed by atoms with E-state index in [1.807, 2.05) is 19.1 Å². The Bertz CT molecular complexity index is 435. The van der Waals surface area contributed by atoms with Gasteiger partial charge in [-0.25, -0.2) is 0 Å². The Morgan fingerprint density at radius 3 is 2.84 bits per heavy atom. The van der Waals surface area contributed by atoms with Crippen LogP contribution in [0.4, 0.5) is 0 Å². The molecule has 0 aromatic heterocycles. The van der Waals surface area contributed by atoms with Crippen molar-refractivity contribution in [3.63, 3.8) is 0 Å². The van der Waals surface area contributed by atoms with Gasteiger partial charge in [0.05, 0.1) is 26.4 Å². The lowest BCUT2D eigenvalue weighted by Crippen LogP contribution is -2.48. The molecule has 0 bridgehead atoms. The predicted octanol–water partition coefficient (Wildman–Crippen LogP) is 1.32. The van der Waals surface area contributed by atoms with Crippen LogP contribution in [0.1, 0.15) is 6.92 Å². The van der Waals surface area contributed by atoms with Crippen molar-refractivity contribution in [2.75, 3.05) is 33.5 Å². The molecule has 0 saturated carbocycles. The van der Waals surface area contributed by atoms with Crippen LogP contribution in [0, 0.1) is 0 Å². The summed E-state index contributed by atoms with van der Waals surface area (Å²) in [5, 5.41) is 0. The first-order chi connectivity index (χ1) is 9.22. The molecule has 0 N–H and O–H groups in total. The fourth-order valence-electron chi connectivity index (χ4n) is 2.06. The van der Waals surface area contributed by atoms with E-state index in [0.29, 0.717) is 31.3 Å². The maximum Gasteiger partial charge on any atom is 0.260 e. The Morgan fingerprint density at radius 2 is 2.16 bits per heavy atom. The smallest absolute Gasteiger partial charge is 0.260 e. The number of methoxy groups -OCH3 is 1. The lowest BCUT2D eigenvalue weighted by atomic mass is 10.2. The number of nitrogens with zero attached hydrogens (tertiary/aromatic N) is 1. The molecule has 19 heavy (non-hydrogen) atoms. The highest BCUT2D eigenvalue weighted by molar-refractivity contribution is 5.78. The van der Waals surface area contributed by atoms with Crippen molar-refractivity contribution < 1.29 is 19.0 Å². The van der Waals surface area contributed by atoms with Crippen LogP contribution in [0.25, 0.3) is 0 Å². The van der Waals surface area contributed by atoms with Gasteiger partial charge in [-0.2, -0.15) is 0 Å². The van der Waals surface area contributed by atoms with E-state index in [9.17, 15) is 4.79 Å². The Morgan fingerprint density at radius 1 is 1.42 bits per heavy atom. The second kappa shape index (κ2) is 6.43. The topological polar surface area (TPSA) is 48.0 Å².